The number of aromatic amines is 1. The summed E-state index contributed by atoms with van der Waals surface area (Å²) in [5, 5.41) is 8.88. The van der Waals surface area contributed by atoms with E-state index >= 15 is 0 Å². The molecule has 0 fully saturated rings. The summed E-state index contributed by atoms with van der Waals surface area (Å²) in [6.45, 7) is 0.232. The Kier molecular flexibility index (Phi) is 3.27. The topological polar surface area (TPSA) is 75.1 Å². The number of aromatic carboxylic acids is 1. The second kappa shape index (κ2) is 4.87. The van der Waals surface area contributed by atoms with Crippen LogP contribution in [-0.2, 0) is 13.0 Å². The lowest BCUT2D eigenvalue weighted by Crippen LogP contribution is -2.22. The van der Waals surface area contributed by atoms with Crippen LogP contribution in [0.15, 0.2) is 35.3 Å². The van der Waals surface area contributed by atoms with Crippen LogP contribution in [0.2, 0.25) is 0 Å². The lowest BCUT2D eigenvalue weighted by atomic mass is 10.1. The van der Waals surface area contributed by atoms with Gasteiger partial charge < -0.3 is 10.1 Å². The van der Waals surface area contributed by atoms with Gasteiger partial charge in [0.05, 0.1) is 0 Å². The van der Waals surface area contributed by atoms with E-state index in [2.05, 4.69) is 4.98 Å². The van der Waals surface area contributed by atoms with Crippen LogP contribution in [0.4, 0.5) is 4.39 Å². The molecule has 0 atom stereocenters. The molecule has 2 rings (SSSR count). The first-order chi connectivity index (χ1) is 8.58. The van der Waals surface area contributed by atoms with E-state index in [9.17, 15) is 14.0 Å². The fourth-order valence-corrected chi connectivity index (χ4v) is 1.69. The van der Waals surface area contributed by atoms with Crippen molar-refractivity contribution in [3.63, 3.8) is 0 Å². The summed E-state index contributed by atoms with van der Waals surface area (Å²) >= 11 is 0. The number of nitrogens with one attached hydrogen (secondary N) is 1. The summed E-state index contributed by atoms with van der Waals surface area (Å²) in [7, 11) is 0. The summed E-state index contributed by atoms with van der Waals surface area (Å²) in [4.78, 5) is 24.6. The highest BCUT2D eigenvalue weighted by Crippen LogP contribution is 2.05. The van der Waals surface area contributed by atoms with Gasteiger partial charge in [0.15, 0.2) is 0 Å². The molecule has 2 N–H and O–H groups in total. The number of hydrogen-bond acceptors (Lipinski definition) is 2. The number of imidazole rings is 1. The number of halogens is 1. The molecule has 5 nitrogen and oxygen atoms in total. The molecule has 0 unspecified atom stereocenters. The molecule has 0 aliphatic rings. The number of carboxylic acids is 1. The molecule has 0 amide bonds. The fourth-order valence-electron chi connectivity index (χ4n) is 1.69. The predicted molar refractivity (Wildman–Crippen MR) is 62.1 cm³/mol. The summed E-state index contributed by atoms with van der Waals surface area (Å²) in [5.74, 6) is -1.49. The molecule has 0 radical (unpaired) electrons. The van der Waals surface area contributed by atoms with Crippen LogP contribution in [0.3, 0.4) is 0 Å². The number of rotatable bonds is 4. The Morgan fingerprint density at radius 2 is 2.00 bits per heavy atom. The molecule has 1 aromatic heterocycles. The van der Waals surface area contributed by atoms with Gasteiger partial charge in [0, 0.05) is 12.7 Å². The zero-order chi connectivity index (χ0) is 13.1. The van der Waals surface area contributed by atoms with Gasteiger partial charge in [0.25, 0.3) is 0 Å². The van der Waals surface area contributed by atoms with Gasteiger partial charge in [-0.15, -0.1) is 0 Å². The van der Waals surface area contributed by atoms with Crippen LogP contribution in [0.5, 0.6) is 0 Å². The lowest BCUT2D eigenvalue weighted by molar-refractivity contribution is 0.0684. The Hall–Kier alpha value is -2.37. The van der Waals surface area contributed by atoms with Gasteiger partial charge >= 0.3 is 11.7 Å². The third kappa shape index (κ3) is 2.48. The molecular formula is C12H11FN2O3. The summed E-state index contributed by atoms with van der Waals surface area (Å²) in [6.07, 6.45) is 1.62. The average Bonchev–Trinajstić information content (AvgIpc) is 2.70. The third-order valence-electron chi connectivity index (χ3n) is 2.62. The first-order valence-electron chi connectivity index (χ1n) is 5.34. The van der Waals surface area contributed by atoms with Gasteiger partial charge in [-0.1, -0.05) is 12.1 Å². The molecule has 2 aromatic rings. The Morgan fingerprint density at radius 3 is 2.61 bits per heavy atom. The lowest BCUT2D eigenvalue weighted by Gasteiger charge is -2.04. The highest BCUT2D eigenvalue weighted by Gasteiger charge is 2.12. The van der Waals surface area contributed by atoms with Crippen molar-refractivity contribution in [2.75, 3.05) is 0 Å². The highest BCUT2D eigenvalue weighted by atomic mass is 19.1. The SMILES string of the molecule is O=C(O)c1c[nH]c(=O)n1CCc1ccc(F)cc1. The van der Waals surface area contributed by atoms with Gasteiger partial charge in [-0.2, -0.15) is 0 Å². The summed E-state index contributed by atoms with van der Waals surface area (Å²) in [5.41, 5.74) is 0.289. The number of carboxylic acid groups (broad SMARTS) is 1. The van der Waals surface area contributed by atoms with E-state index in [1.54, 1.807) is 12.1 Å². The van der Waals surface area contributed by atoms with Gasteiger partial charge in [-0.05, 0) is 24.1 Å². The number of aryl methyl sites for hydroxylation is 1. The van der Waals surface area contributed by atoms with E-state index in [-0.39, 0.29) is 18.1 Å². The molecule has 6 heteroatoms. The summed E-state index contributed by atoms with van der Waals surface area (Å²) < 4.78 is 13.8. The molecule has 0 spiro atoms. The highest BCUT2D eigenvalue weighted by molar-refractivity contribution is 5.85. The predicted octanol–water partition coefficient (Wildman–Crippen LogP) is 1.26. The van der Waals surface area contributed by atoms with Gasteiger partial charge in [-0.3, -0.25) is 4.57 Å². The minimum Gasteiger partial charge on any atom is -0.477 e. The van der Waals surface area contributed by atoms with Gasteiger partial charge in [0.2, 0.25) is 0 Å². The average molecular weight is 250 g/mol. The van der Waals surface area contributed by atoms with E-state index in [0.717, 1.165) is 16.3 Å². The zero-order valence-electron chi connectivity index (χ0n) is 9.39. The van der Waals surface area contributed by atoms with E-state index in [4.69, 9.17) is 5.11 Å². The standard InChI is InChI=1S/C12H11FN2O3/c13-9-3-1-8(2-4-9)5-6-15-10(11(16)17)7-14-12(15)18/h1-4,7H,5-6H2,(H,14,18)(H,16,17). The largest absolute Gasteiger partial charge is 0.477 e. The minimum atomic E-state index is -1.16. The molecule has 0 saturated carbocycles. The van der Waals surface area contributed by atoms with Crippen molar-refractivity contribution in [1.82, 2.24) is 9.55 Å². The molecule has 1 heterocycles. The minimum absolute atomic E-state index is 0.0814. The Bertz CT molecular complexity index is 613. The van der Waals surface area contributed by atoms with Crippen LogP contribution in [-0.4, -0.2) is 20.6 Å². The molecule has 0 aliphatic carbocycles. The van der Waals surface area contributed by atoms with E-state index in [1.807, 2.05) is 0 Å². The Balaban J connectivity index is 2.15. The molecule has 0 bridgehead atoms. The number of carbonyl (C=O) groups is 1. The molecule has 94 valence electrons. The zero-order valence-corrected chi connectivity index (χ0v) is 9.39. The van der Waals surface area contributed by atoms with Crippen molar-refractivity contribution >= 4 is 5.97 Å². The molecule has 0 aliphatic heterocycles. The van der Waals surface area contributed by atoms with E-state index in [0.29, 0.717) is 6.42 Å². The van der Waals surface area contributed by atoms with Crippen molar-refractivity contribution in [3.05, 3.63) is 58.0 Å². The van der Waals surface area contributed by atoms with Crippen molar-refractivity contribution in [3.8, 4) is 0 Å². The summed E-state index contributed by atoms with van der Waals surface area (Å²) in [6, 6.07) is 5.86. The molecular weight excluding hydrogens is 239 g/mol. The first-order valence-corrected chi connectivity index (χ1v) is 5.34. The number of nitrogens with zero attached hydrogens (tertiary/aromatic N) is 1. The maximum atomic E-state index is 12.7. The smallest absolute Gasteiger partial charge is 0.354 e. The monoisotopic (exact) mass is 250 g/mol. The Labute approximate surface area is 102 Å². The molecule has 18 heavy (non-hydrogen) atoms. The maximum absolute atomic E-state index is 12.7. The second-order valence-corrected chi connectivity index (χ2v) is 3.81. The normalized spacial score (nSPS) is 10.5. The van der Waals surface area contributed by atoms with Crippen LogP contribution >= 0.6 is 0 Å². The maximum Gasteiger partial charge on any atom is 0.354 e. The third-order valence-corrected chi connectivity index (χ3v) is 2.62. The number of benzene rings is 1. The molecule has 1 aromatic carbocycles. The van der Waals surface area contributed by atoms with Crippen molar-refractivity contribution in [2.45, 2.75) is 13.0 Å². The van der Waals surface area contributed by atoms with Crippen LogP contribution in [0.25, 0.3) is 0 Å². The molecule has 0 saturated heterocycles. The van der Waals surface area contributed by atoms with Crippen LogP contribution < -0.4 is 5.69 Å². The number of H-pyrrole nitrogens is 1. The number of aromatic nitrogens is 2. The van der Waals surface area contributed by atoms with Crippen molar-refractivity contribution < 1.29 is 14.3 Å². The number of hydrogen-bond donors (Lipinski definition) is 2. The fraction of sp³-hybridized carbons (Fsp3) is 0.167. The van der Waals surface area contributed by atoms with Crippen LogP contribution in [0.1, 0.15) is 16.1 Å². The quantitative estimate of drug-likeness (QED) is 0.857. The van der Waals surface area contributed by atoms with Crippen molar-refractivity contribution in [2.24, 2.45) is 0 Å². The van der Waals surface area contributed by atoms with Crippen molar-refractivity contribution in [1.29, 1.82) is 0 Å². The van der Waals surface area contributed by atoms with E-state index in [1.165, 1.54) is 12.1 Å². The van der Waals surface area contributed by atoms with E-state index < -0.39 is 11.7 Å². The second-order valence-electron chi connectivity index (χ2n) is 3.81. The Morgan fingerprint density at radius 1 is 1.33 bits per heavy atom. The first kappa shape index (κ1) is 12.1. The van der Waals surface area contributed by atoms with Gasteiger partial charge in [0.1, 0.15) is 11.5 Å². The van der Waals surface area contributed by atoms with Crippen LogP contribution in [0, 0.1) is 5.82 Å². The van der Waals surface area contributed by atoms with Gasteiger partial charge in [-0.25, -0.2) is 14.0 Å².